The maximum absolute atomic E-state index is 14.0. The van der Waals surface area contributed by atoms with Crippen molar-refractivity contribution in [3.05, 3.63) is 113 Å². The number of carbonyl (C=O) groups excluding carboxylic acids is 2. The molecule has 1 aromatic heterocycles. The summed E-state index contributed by atoms with van der Waals surface area (Å²) in [6, 6.07) is 19.2. The molecule has 0 saturated heterocycles. The molecule has 2 atom stereocenters. The molecule has 216 valence electrons. The SMILES string of the molecule is CCN1C(=O)[C@@H](CC(=O)c2cccc(C(F)(F)F)c2)[C@@H](c2ccc(F)cc2)c2c(C)nn(-c3ccccc3)c21.S.S. The van der Waals surface area contributed by atoms with E-state index in [0.29, 0.717) is 22.6 Å². The van der Waals surface area contributed by atoms with Crippen LogP contribution in [0.1, 0.15) is 52.0 Å². The minimum atomic E-state index is -4.61. The van der Waals surface area contributed by atoms with E-state index in [0.717, 1.165) is 17.8 Å². The lowest BCUT2D eigenvalue weighted by atomic mass is 9.74. The summed E-state index contributed by atoms with van der Waals surface area (Å²) in [4.78, 5) is 29.0. The number of nitrogens with zero attached hydrogens (tertiary/aromatic N) is 3. The van der Waals surface area contributed by atoms with Gasteiger partial charge in [0.25, 0.3) is 0 Å². The topological polar surface area (TPSA) is 55.2 Å². The van der Waals surface area contributed by atoms with Gasteiger partial charge in [0.15, 0.2) is 5.78 Å². The number of hydrogen-bond donors (Lipinski definition) is 0. The molecule has 11 heteroatoms. The summed E-state index contributed by atoms with van der Waals surface area (Å²) in [5.41, 5.74) is 1.64. The van der Waals surface area contributed by atoms with Crippen molar-refractivity contribution in [2.75, 3.05) is 11.4 Å². The molecule has 0 N–H and O–H groups in total. The minimum absolute atomic E-state index is 0. The highest BCUT2D eigenvalue weighted by Gasteiger charge is 2.45. The summed E-state index contributed by atoms with van der Waals surface area (Å²) in [7, 11) is 0. The lowest BCUT2D eigenvalue weighted by Gasteiger charge is -2.38. The zero-order valence-corrected chi connectivity index (χ0v) is 24.2. The number of benzene rings is 3. The fraction of sp³-hybridized carbons (Fsp3) is 0.233. The molecular formula is C30H29F4N3O2S2. The Hall–Kier alpha value is -3.57. The number of hydrogen-bond acceptors (Lipinski definition) is 3. The Morgan fingerprint density at radius 2 is 1.61 bits per heavy atom. The van der Waals surface area contributed by atoms with Gasteiger partial charge in [-0.25, -0.2) is 9.07 Å². The molecule has 5 rings (SSSR count). The van der Waals surface area contributed by atoms with Crippen molar-refractivity contribution in [3.63, 3.8) is 0 Å². The largest absolute Gasteiger partial charge is 0.416 e. The van der Waals surface area contributed by atoms with Gasteiger partial charge in [0.2, 0.25) is 5.91 Å². The molecule has 3 aromatic carbocycles. The first-order valence-corrected chi connectivity index (χ1v) is 12.5. The van der Waals surface area contributed by atoms with Gasteiger partial charge in [-0.05, 0) is 55.8 Å². The second kappa shape index (κ2) is 12.5. The van der Waals surface area contributed by atoms with Crippen LogP contribution >= 0.6 is 27.0 Å². The fourth-order valence-electron chi connectivity index (χ4n) is 5.31. The fourth-order valence-corrected chi connectivity index (χ4v) is 5.31. The van der Waals surface area contributed by atoms with Crippen LogP contribution in [0.15, 0.2) is 78.9 Å². The Morgan fingerprint density at radius 1 is 0.951 bits per heavy atom. The van der Waals surface area contributed by atoms with E-state index in [1.165, 1.54) is 24.3 Å². The number of alkyl halides is 3. The molecule has 0 spiro atoms. The van der Waals surface area contributed by atoms with Gasteiger partial charge in [0.1, 0.15) is 11.6 Å². The van der Waals surface area contributed by atoms with Crippen molar-refractivity contribution in [1.82, 2.24) is 9.78 Å². The third-order valence-electron chi connectivity index (χ3n) is 7.10. The van der Waals surface area contributed by atoms with Crippen LogP contribution in [0.3, 0.4) is 0 Å². The Kier molecular flexibility index (Phi) is 9.76. The monoisotopic (exact) mass is 603 g/mol. The van der Waals surface area contributed by atoms with E-state index in [1.54, 1.807) is 21.7 Å². The molecule has 0 radical (unpaired) electrons. The number of carbonyl (C=O) groups is 2. The summed E-state index contributed by atoms with van der Waals surface area (Å²) >= 11 is 0. The average Bonchev–Trinajstić information content (AvgIpc) is 3.26. The summed E-state index contributed by atoms with van der Waals surface area (Å²) in [6.45, 7) is 3.90. The Bertz CT molecular complexity index is 1540. The zero-order chi connectivity index (χ0) is 27.9. The van der Waals surface area contributed by atoms with E-state index >= 15 is 0 Å². The number of aryl methyl sites for hydroxylation is 1. The van der Waals surface area contributed by atoms with E-state index in [2.05, 4.69) is 0 Å². The molecule has 2 heterocycles. The van der Waals surface area contributed by atoms with Gasteiger partial charge >= 0.3 is 6.18 Å². The maximum Gasteiger partial charge on any atom is 0.416 e. The molecule has 1 amide bonds. The normalized spacial score (nSPS) is 16.4. The number of halogens is 4. The first kappa shape index (κ1) is 32.0. The highest BCUT2D eigenvalue weighted by Crippen LogP contribution is 2.47. The van der Waals surface area contributed by atoms with Crippen LogP contribution in [-0.2, 0) is 11.0 Å². The van der Waals surface area contributed by atoms with Crippen LogP contribution in [0.5, 0.6) is 0 Å². The minimum Gasteiger partial charge on any atom is -0.296 e. The van der Waals surface area contributed by atoms with Crippen molar-refractivity contribution in [3.8, 4) is 5.69 Å². The smallest absolute Gasteiger partial charge is 0.296 e. The molecule has 41 heavy (non-hydrogen) atoms. The molecule has 0 bridgehead atoms. The average molecular weight is 604 g/mol. The van der Waals surface area contributed by atoms with Crippen LogP contribution in [0.4, 0.5) is 23.4 Å². The third kappa shape index (κ3) is 6.06. The van der Waals surface area contributed by atoms with Crippen LogP contribution in [-0.4, -0.2) is 28.0 Å². The number of rotatable bonds is 6. The second-order valence-electron chi connectivity index (χ2n) is 9.49. The lowest BCUT2D eigenvalue weighted by molar-refractivity contribution is -0.137. The van der Waals surface area contributed by atoms with Crippen LogP contribution in [0, 0.1) is 18.7 Å². The van der Waals surface area contributed by atoms with E-state index in [1.807, 2.05) is 44.2 Å². The van der Waals surface area contributed by atoms with E-state index in [-0.39, 0.29) is 51.4 Å². The molecule has 1 aliphatic rings. The van der Waals surface area contributed by atoms with E-state index in [4.69, 9.17) is 5.10 Å². The summed E-state index contributed by atoms with van der Waals surface area (Å²) in [6.07, 6.45) is -4.93. The highest BCUT2D eigenvalue weighted by molar-refractivity contribution is 7.59. The summed E-state index contributed by atoms with van der Waals surface area (Å²) < 4.78 is 55.5. The number of aromatic nitrogens is 2. The predicted octanol–water partition coefficient (Wildman–Crippen LogP) is 6.95. The molecule has 0 saturated carbocycles. The third-order valence-corrected chi connectivity index (χ3v) is 7.10. The number of amides is 1. The zero-order valence-electron chi connectivity index (χ0n) is 22.2. The molecule has 4 aromatic rings. The van der Waals surface area contributed by atoms with Crippen molar-refractivity contribution in [2.24, 2.45) is 5.92 Å². The van der Waals surface area contributed by atoms with Crippen LogP contribution in [0.25, 0.3) is 5.69 Å². The number of Topliss-reactive ketones (excluding diaryl/α,β-unsaturated/α-hetero) is 1. The van der Waals surface area contributed by atoms with Gasteiger partial charge in [-0.2, -0.15) is 45.3 Å². The number of anilines is 1. The van der Waals surface area contributed by atoms with Gasteiger partial charge < -0.3 is 0 Å². The van der Waals surface area contributed by atoms with Crippen molar-refractivity contribution in [2.45, 2.75) is 32.4 Å². The molecule has 1 aliphatic heterocycles. The summed E-state index contributed by atoms with van der Waals surface area (Å²) in [5, 5.41) is 4.74. The molecule has 5 nitrogen and oxygen atoms in total. The predicted molar refractivity (Wildman–Crippen MR) is 159 cm³/mol. The molecular weight excluding hydrogens is 574 g/mol. The van der Waals surface area contributed by atoms with Crippen LogP contribution < -0.4 is 4.90 Å². The van der Waals surface area contributed by atoms with E-state index < -0.39 is 35.2 Å². The quantitative estimate of drug-likeness (QED) is 0.177. The van der Waals surface area contributed by atoms with Crippen molar-refractivity contribution < 1.29 is 27.2 Å². The highest BCUT2D eigenvalue weighted by atomic mass is 32.1. The standard InChI is InChI=1S/C30H25F4N3O2.2H2S/c1-3-36-28-26(18(2)35-37(28)23-10-5-4-6-11-23)27(19-12-14-22(31)15-13-19)24(29(36)39)17-25(38)20-8-7-9-21(16-20)30(32,33)34;;/h4-16,24,27H,3,17H2,1-2H3;2*1H2/t24-,27+;;/m0../s1. The first-order valence-electron chi connectivity index (χ1n) is 12.5. The van der Waals surface area contributed by atoms with Crippen molar-refractivity contribution in [1.29, 1.82) is 0 Å². The second-order valence-corrected chi connectivity index (χ2v) is 9.49. The molecule has 0 aliphatic carbocycles. The van der Waals surface area contributed by atoms with Gasteiger partial charge in [-0.1, -0.05) is 42.5 Å². The van der Waals surface area contributed by atoms with Gasteiger partial charge in [0, 0.05) is 30.0 Å². The molecule has 0 unspecified atom stereocenters. The first-order chi connectivity index (χ1) is 18.6. The van der Waals surface area contributed by atoms with Crippen LogP contribution in [0.2, 0.25) is 0 Å². The Labute approximate surface area is 249 Å². The number of fused-ring (bicyclic) bond motifs is 1. The van der Waals surface area contributed by atoms with Crippen molar-refractivity contribution >= 4 is 44.5 Å². The maximum atomic E-state index is 14.0. The van der Waals surface area contributed by atoms with Gasteiger partial charge in [-0.3, -0.25) is 14.5 Å². The Balaban J connectivity index is 0.00000231. The lowest BCUT2D eigenvalue weighted by Crippen LogP contribution is -2.45. The van der Waals surface area contributed by atoms with E-state index in [9.17, 15) is 27.2 Å². The Morgan fingerprint density at radius 3 is 2.22 bits per heavy atom. The summed E-state index contributed by atoms with van der Waals surface area (Å²) in [5.74, 6) is -2.43. The van der Waals surface area contributed by atoms with Gasteiger partial charge in [-0.15, -0.1) is 0 Å². The molecule has 0 fully saturated rings. The van der Waals surface area contributed by atoms with Gasteiger partial charge in [0.05, 0.1) is 22.9 Å². The number of para-hydroxylation sites is 1. The number of ketones is 1.